The molecule has 208 valence electrons. The van der Waals surface area contributed by atoms with Gasteiger partial charge in [-0.2, -0.15) is 4.39 Å². The number of likely N-dealkylation sites (tertiary alicyclic amines) is 1. The number of pyridine rings is 1. The number of hydrogen-bond donors (Lipinski definition) is 2. The lowest BCUT2D eigenvalue weighted by molar-refractivity contribution is -0.144. The first-order chi connectivity index (χ1) is 18.5. The molecule has 1 fully saturated rings. The predicted molar refractivity (Wildman–Crippen MR) is 142 cm³/mol. The summed E-state index contributed by atoms with van der Waals surface area (Å²) >= 11 is 0. The van der Waals surface area contributed by atoms with Gasteiger partial charge in [0.25, 0.3) is 5.91 Å². The number of amides is 3. The van der Waals surface area contributed by atoms with Gasteiger partial charge < -0.3 is 20.4 Å². The first-order valence-corrected chi connectivity index (χ1v) is 13.2. The van der Waals surface area contributed by atoms with Crippen molar-refractivity contribution in [1.29, 1.82) is 0 Å². The molecule has 1 aromatic carbocycles. The number of nitrogens with zero attached hydrogens (tertiary/aromatic N) is 3. The van der Waals surface area contributed by atoms with E-state index in [1.54, 1.807) is 55.7 Å². The molecule has 0 bridgehead atoms. The lowest BCUT2D eigenvalue weighted by Crippen LogP contribution is -2.59. The van der Waals surface area contributed by atoms with Crippen molar-refractivity contribution >= 4 is 17.7 Å². The first kappa shape index (κ1) is 28.2. The van der Waals surface area contributed by atoms with Crippen LogP contribution < -0.4 is 10.6 Å². The average molecular weight is 540 g/mol. The molecule has 1 unspecified atom stereocenters. The Morgan fingerprint density at radius 2 is 1.92 bits per heavy atom. The van der Waals surface area contributed by atoms with E-state index in [-0.39, 0.29) is 31.2 Å². The highest BCUT2D eigenvalue weighted by Gasteiger charge is 2.45. The Balaban J connectivity index is 1.57. The minimum Gasteiger partial charge on any atom is -0.376 e. The van der Waals surface area contributed by atoms with Gasteiger partial charge in [0, 0.05) is 30.9 Å². The number of halogens is 2. The number of aromatic nitrogens is 1. The van der Waals surface area contributed by atoms with Gasteiger partial charge in [0.2, 0.25) is 17.8 Å². The third-order valence-corrected chi connectivity index (χ3v) is 7.34. The molecule has 4 rings (SSSR count). The molecule has 2 aromatic rings. The maximum absolute atomic E-state index is 14.8. The molecule has 3 amide bonds. The molecule has 4 atom stereocenters. The SMILES string of the molecule is CCN1C=CNC(C)(CC(=O)N2C[C@H](F)C[C@H]2C(=O)N[C@@H](c2ccccc2)c2ccc(C(C)C)c(F)n2)C1=O. The molecular weight excluding hydrogens is 504 g/mol. The van der Waals surface area contributed by atoms with Crippen LogP contribution >= 0.6 is 0 Å². The molecule has 3 heterocycles. The van der Waals surface area contributed by atoms with Crippen LogP contribution in [-0.2, 0) is 14.4 Å². The zero-order valence-electron chi connectivity index (χ0n) is 22.7. The van der Waals surface area contributed by atoms with Crippen LogP contribution in [0.1, 0.15) is 69.3 Å². The molecule has 2 aliphatic rings. The van der Waals surface area contributed by atoms with E-state index < -0.39 is 41.6 Å². The highest BCUT2D eigenvalue weighted by Crippen LogP contribution is 2.28. The van der Waals surface area contributed by atoms with Crippen molar-refractivity contribution in [2.45, 2.75) is 70.2 Å². The number of carbonyl (C=O) groups is 3. The van der Waals surface area contributed by atoms with Gasteiger partial charge in [-0.25, -0.2) is 9.37 Å². The first-order valence-electron chi connectivity index (χ1n) is 13.2. The van der Waals surface area contributed by atoms with E-state index in [4.69, 9.17) is 0 Å². The molecule has 8 nitrogen and oxygen atoms in total. The van der Waals surface area contributed by atoms with Gasteiger partial charge in [-0.1, -0.05) is 50.2 Å². The van der Waals surface area contributed by atoms with Crippen LogP contribution in [0.25, 0.3) is 0 Å². The second-order valence-corrected chi connectivity index (χ2v) is 10.6. The summed E-state index contributed by atoms with van der Waals surface area (Å²) < 4.78 is 29.4. The summed E-state index contributed by atoms with van der Waals surface area (Å²) in [6, 6.07) is 10.4. The van der Waals surface area contributed by atoms with E-state index in [1.807, 2.05) is 26.8 Å². The van der Waals surface area contributed by atoms with E-state index in [2.05, 4.69) is 15.6 Å². The van der Waals surface area contributed by atoms with Gasteiger partial charge in [0.05, 0.1) is 24.7 Å². The number of benzene rings is 1. The summed E-state index contributed by atoms with van der Waals surface area (Å²) in [7, 11) is 0. The van der Waals surface area contributed by atoms with Crippen molar-refractivity contribution < 1.29 is 23.2 Å². The highest BCUT2D eigenvalue weighted by atomic mass is 19.1. The zero-order valence-corrected chi connectivity index (χ0v) is 22.7. The molecule has 1 aromatic heterocycles. The van der Waals surface area contributed by atoms with Crippen LogP contribution in [0.3, 0.4) is 0 Å². The fraction of sp³-hybridized carbons (Fsp3) is 0.448. The maximum Gasteiger partial charge on any atom is 0.252 e. The van der Waals surface area contributed by atoms with Crippen LogP contribution in [0.5, 0.6) is 0 Å². The summed E-state index contributed by atoms with van der Waals surface area (Å²) in [5, 5.41) is 5.84. The number of carbonyl (C=O) groups excluding carboxylic acids is 3. The Kier molecular flexibility index (Phi) is 8.32. The largest absolute Gasteiger partial charge is 0.376 e. The third-order valence-electron chi connectivity index (χ3n) is 7.34. The summed E-state index contributed by atoms with van der Waals surface area (Å²) in [6.07, 6.45) is 1.40. The van der Waals surface area contributed by atoms with Crippen LogP contribution in [0, 0.1) is 5.95 Å². The van der Waals surface area contributed by atoms with Gasteiger partial charge in [0.15, 0.2) is 0 Å². The smallest absolute Gasteiger partial charge is 0.252 e. The van der Waals surface area contributed by atoms with Crippen LogP contribution in [0.15, 0.2) is 54.9 Å². The average Bonchev–Trinajstić information content (AvgIpc) is 3.31. The highest BCUT2D eigenvalue weighted by molar-refractivity contribution is 5.95. The van der Waals surface area contributed by atoms with Crippen LogP contribution in [0.2, 0.25) is 0 Å². The molecule has 39 heavy (non-hydrogen) atoms. The van der Waals surface area contributed by atoms with Crippen LogP contribution in [-0.4, -0.2) is 63.3 Å². The van der Waals surface area contributed by atoms with E-state index in [1.165, 1.54) is 9.80 Å². The van der Waals surface area contributed by atoms with Gasteiger partial charge >= 0.3 is 0 Å². The number of hydrogen-bond acceptors (Lipinski definition) is 5. The van der Waals surface area contributed by atoms with Crippen molar-refractivity contribution in [3.05, 3.63) is 77.6 Å². The Morgan fingerprint density at radius 3 is 2.56 bits per heavy atom. The van der Waals surface area contributed by atoms with Gasteiger partial charge in [-0.15, -0.1) is 0 Å². The van der Waals surface area contributed by atoms with E-state index in [0.29, 0.717) is 23.4 Å². The predicted octanol–water partition coefficient (Wildman–Crippen LogP) is 3.56. The molecular formula is C29H35F2N5O3. The topological polar surface area (TPSA) is 94.6 Å². The van der Waals surface area contributed by atoms with Crippen molar-refractivity contribution in [3.63, 3.8) is 0 Å². The van der Waals surface area contributed by atoms with Crippen molar-refractivity contribution in [2.75, 3.05) is 13.1 Å². The van der Waals surface area contributed by atoms with E-state index in [9.17, 15) is 23.2 Å². The van der Waals surface area contributed by atoms with Gasteiger partial charge in [-0.3, -0.25) is 14.4 Å². The number of rotatable bonds is 8. The number of alkyl halides is 1. The minimum absolute atomic E-state index is 0.0665. The fourth-order valence-electron chi connectivity index (χ4n) is 5.11. The second kappa shape index (κ2) is 11.5. The van der Waals surface area contributed by atoms with Gasteiger partial charge in [0.1, 0.15) is 17.8 Å². The number of nitrogens with one attached hydrogen (secondary N) is 2. The molecule has 2 aliphatic heterocycles. The molecule has 0 aliphatic carbocycles. The Labute approximate surface area is 227 Å². The molecule has 0 spiro atoms. The van der Waals surface area contributed by atoms with E-state index in [0.717, 1.165) is 0 Å². The monoisotopic (exact) mass is 539 g/mol. The Morgan fingerprint density at radius 1 is 1.21 bits per heavy atom. The van der Waals surface area contributed by atoms with Gasteiger partial charge in [-0.05, 0) is 31.4 Å². The molecule has 2 N–H and O–H groups in total. The molecule has 0 saturated carbocycles. The molecule has 1 saturated heterocycles. The second-order valence-electron chi connectivity index (χ2n) is 10.6. The molecule has 0 radical (unpaired) electrons. The normalized spacial score (nSPS) is 23.6. The van der Waals surface area contributed by atoms with Crippen molar-refractivity contribution in [1.82, 2.24) is 25.4 Å². The third kappa shape index (κ3) is 5.94. The maximum atomic E-state index is 14.8. The Bertz CT molecular complexity index is 1250. The van der Waals surface area contributed by atoms with Crippen molar-refractivity contribution in [3.8, 4) is 0 Å². The summed E-state index contributed by atoms with van der Waals surface area (Å²) in [5.74, 6) is -2.04. The van der Waals surface area contributed by atoms with E-state index >= 15 is 0 Å². The minimum atomic E-state index is -1.39. The van der Waals surface area contributed by atoms with Crippen molar-refractivity contribution in [2.24, 2.45) is 0 Å². The lowest BCUT2D eigenvalue weighted by Gasteiger charge is -2.37. The number of likely N-dealkylation sites (N-methyl/N-ethyl adjacent to an activating group) is 1. The standard InChI is InChI=1S/C29H35F2N5O3/c1-5-35-14-13-32-29(4,28(35)39)16-24(37)36-17-20(30)15-23(36)27(38)34-25(19-9-7-6-8-10-19)22-12-11-21(18(2)3)26(31)33-22/h6-14,18,20,23,25,32H,5,15-17H2,1-4H3,(H,34,38)/t20-,23+,25+,29?/m1/s1. The quantitative estimate of drug-likeness (QED) is 0.501. The summed E-state index contributed by atoms with van der Waals surface area (Å²) in [5.41, 5.74) is 0.197. The fourth-order valence-corrected chi connectivity index (χ4v) is 5.11. The summed E-state index contributed by atoms with van der Waals surface area (Å²) in [6.45, 7) is 7.36. The molecule has 10 heteroatoms. The Hall–Kier alpha value is -3.82. The van der Waals surface area contributed by atoms with Crippen LogP contribution in [0.4, 0.5) is 8.78 Å². The zero-order chi connectivity index (χ0) is 28.3. The summed E-state index contributed by atoms with van der Waals surface area (Å²) in [4.78, 5) is 46.7. The lowest BCUT2D eigenvalue weighted by atomic mass is 9.93.